The second-order valence-electron chi connectivity index (χ2n) is 7.22. The van der Waals surface area contributed by atoms with Gasteiger partial charge in [-0.1, -0.05) is 13.8 Å². The number of nitrogens with one attached hydrogen (secondary N) is 3. The van der Waals surface area contributed by atoms with Gasteiger partial charge in [0.05, 0.1) is 22.2 Å². The fraction of sp³-hybridized carbons (Fsp3) is 0.348. The van der Waals surface area contributed by atoms with E-state index in [9.17, 15) is 27.6 Å². The second-order valence-corrected chi connectivity index (χ2v) is 8.32. The SMILES string of the molecule is CC.CC(NC(=O)c1ncnc2c1CCC(=O)N2)c1ncc(C=O)s1.CNc1cncc(C(F)(F)F)c1. The number of alkyl halides is 3. The highest BCUT2D eigenvalue weighted by Gasteiger charge is 2.31. The standard InChI is InChI=1S/C14H13N5O3S.C7H7F3N2.C2H6/c1-7(14-15-4-8(5-20)23-14)18-13(22)11-9-2-3-10(21)19-12(9)17-6-16-11;1-11-6-2-5(3-12-4-6)7(8,9)10;1-2/h4-7H,2-3H2,1H3,(H,18,22)(H,16,17,19,21);2-4,11H,1H3;1-2H3. The molecule has 198 valence electrons. The zero-order valence-corrected chi connectivity index (χ0v) is 21.3. The number of carbonyl (C=O) groups is 3. The van der Waals surface area contributed by atoms with Gasteiger partial charge in [0.25, 0.3) is 5.91 Å². The third-order valence-corrected chi connectivity index (χ3v) is 5.86. The summed E-state index contributed by atoms with van der Waals surface area (Å²) in [5.74, 6) is -0.109. The molecule has 0 spiro atoms. The number of amides is 2. The molecule has 0 radical (unpaired) electrons. The van der Waals surface area contributed by atoms with Gasteiger partial charge in [0.2, 0.25) is 5.91 Å². The highest BCUT2D eigenvalue weighted by atomic mass is 32.1. The number of pyridine rings is 1. The van der Waals surface area contributed by atoms with E-state index >= 15 is 0 Å². The van der Waals surface area contributed by atoms with E-state index in [1.807, 2.05) is 13.8 Å². The Morgan fingerprint density at radius 1 is 1.16 bits per heavy atom. The van der Waals surface area contributed by atoms with Crippen molar-refractivity contribution in [1.82, 2.24) is 25.3 Å². The van der Waals surface area contributed by atoms with Gasteiger partial charge in [-0.05, 0) is 19.4 Å². The Labute approximate surface area is 215 Å². The molecule has 2 amide bonds. The van der Waals surface area contributed by atoms with E-state index in [2.05, 4.69) is 35.9 Å². The first-order chi connectivity index (χ1) is 17.6. The molecule has 3 aromatic rings. The van der Waals surface area contributed by atoms with Crippen LogP contribution < -0.4 is 16.0 Å². The van der Waals surface area contributed by atoms with Gasteiger partial charge in [-0.2, -0.15) is 13.2 Å². The number of anilines is 2. The molecule has 0 saturated heterocycles. The Bertz CT molecular complexity index is 1230. The van der Waals surface area contributed by atoms with E-state index in [4.69, 9.17) is 0 Å². The van der Waals surface area contributed by atoms with Crippen molar-refractivity contribution in [2.45, 2.75) is 45.8 Å². The number of hydrogen-bond donors (Lipinski definition) is 3. The van der Waals surface area contributed by atoms with E-state index in [0.29, 0.717) is 39.8 Å². The predicted molar refractivity (Wildman–Crippen MR) is 132 cm³/mol. The van der Waals surface area contributed by atoms with E-state index in [-0.39, 0.29) is 23.6 Å². The van der Waals surface area contributed by atoms with Crippen molar-refractivity contribution < 1.29 is 27.6 Å². The predicted octanol–water partition coefficient (Wildman–Crippen LogP) is 4.29. The van der Waals surface area contributed by atoms with E-state index in [1.54, 1.807) is 6.92 Å². The maximum atomic E-state index is 12.5. The van der Waals surface area contributed by atoms with Crippen molar-refractivity contribution in [3.63, 3.8) is 0 Å². The summed E-state index contributed by atoms with van der Waals surface area (Å²) in [4.78, 5) is 50.6. The molecule has 3 aromatic heterocycles. The maximum absolute atomic E-state index is 12.5. The Morgan fingerprint density at radius 2 is 1.89 bits per heavy atom. The maximum Gasteiger partial charge on any atom is 0.417 e. The van der Waals surface area contributed by atoms with Crippen LogP contribution in [0.1, 0.15) is 69.5 Å². The van der Waals surface area contributed by atoms with Crippen molar-refractivity contribution in [1.29, 1.82) is 0 Å². The highest BCUT2D eigenvalue weighted by molar-refractivity contribution is 7.13. The second kappa shape index (κ2) is 13.4. The van der Waals surface area contributed by atoms with Crippen molar-refractivity contribution >= 4 is 40.9 Å². The summed E-state index contributed by atoms with van der Waals surface area (Å²) in [6, 6.07) is 0.650. The molecule has 4 heterocycles. The molecule has 0 saturated carbocycles. The number of fused-ring (bicyclic) bond motifs is 1. The minimum absolute atomic E-state index is 0.125. The van der Waals surface area contributed by atoms with Crippen molar-refractivity contribution in [3.8, 4) is 0 Å². The molecule has 0 bridgehead atoms. The van der Waals surface area contributed by atoms with Crippen LogP contribution in [0.3, 0.4) is 0 Å². The zero-order chi connectivity index (χ0) is 27.6. The summed E-state index contributed by atoms with van der Waals surface area (Å²) < 4.78 is 36.1. The molecule has 37 heavy (non-hydrogen) atoms. The summed E-state index contributed by atoms with van der Waals surface area (Å²) in [5, 5.41) is 8.65. The molecule has 0 aliphatic carbocycles. The first-order valence-corrected chi connectivity index (χ1v) is 12.0. The zero-order valence-electron chi connectivity index (χ0n) is 20.5. The number of rotatable bonds is 5. The third-order valence-electron chi connectivity index (χ3n) is 4.75. The van der Waals surface area contributed by atoms with Crippen molar-refractivity contribution in [2.75, 3.05) is 17.7 Å². The molecular weight excluding hydrogens is 511 g/mol. The largest absolute Gasteiger partial charge is 0.417 e. The Balaban J connectivity index is 0.000000291. The summed E-state index contributed by atoms with van der Waals surface area (Å²) in [5.41, 5.74) is 0.484. The number of aldehydes is 1. The van der Waals surface area contributed by atoms with Crippen LogP contribution in [0, 0.1) is 0 Å². The number of thiazole rings is 1. The molecule has 3 N–H and O–H groups in total. The lowest BCUT2D eigenvalue weighted by Crippen LogP contribution is -2.30. The van der Waals surface area contributed by atoms with Gasteiger partial charge in [-0.15, -0.1) is 11.3 Å². The minimum Gasteiger partial charge on any atom is -0.387 e. The van der Waals surface area contributed by atoms with Crippen molar-refractivity contribution in [3.05, 3.63) is 57.7 Å². The first-order valence-electron chi connectivity index (χ1n) is 11.2. The van der Waals surface area contributed by atoms with Gasteiger partial charge in [-0.3, -0.25) is 19.4 Å². The summed E-state index contributed by atoms with van der Waals surface area (Å²) in [6.45, 7) is 5.78. The summed E-state index contributed by atoms with van der Waals surface area (Å²) in [7, 11) is 1.54. The monoisotopic (exact) mass is 537 g/mol. The van der Waals surface area contributed by atoms with Gasteiger partial charge in [-0.25, -0.2) is 15.0 Å². The van der Waals surface area contributed by atoms with E-state index in [1.165, 1.54) is 37.1 Å². The molecule has 1 aliphatic rings. The Kier molecular flexibility index (Phi) is 10.6. The number of hydrogen-bond acceptors (Lipinski definition) is 9. The first kappa shape index (κ1) is 29.3. The fourth-order valence-corrected chi connectivity index (χ4v) is 3.74. The smallest absolute Gasteiger partial charge is 0.387 e. The minimum atomic E-state index is -4.32. The number of halogens is 3. The molecule has 1 atom stereocenters. The number of nitrogens with zero attached hydrogens (tertiary/aromatic N) is 4. The van der Waals surface area contributed by atoms with E-state index in [0.717, 1.165) is 18.5 Å². The van der Waals surface area contributed by atoms with Crippen molar-refractivity contribution in [2.24, 2.45) is 0 Å². The normalized spacial score (nSPS) is 12.9. The molecule has 14 heteroatoms. The molecule has 1 unspecified atom stereocenters. The molecule has 1 aliphatic heterocycles. The van der Waals surface area contributed by atoms with Gasteiger partial charge in [0.1, 0.15) is 22.8 Å². The van der Waals surface area contributed by atoms with Crippen LogP contribution in [-0.2, 0) is 17.4 Å². The lowest BCUT2D eigenvalue weighted by molar-refractivity contribution is -0.137. The van der Waals surface area contributed by atoms with Gasteiger partial charge < -0.3 is 16.0 Å². The van der Waals surface area contributed by atoms with Crippen LogP contribution in [0.5, 0.6) is 0 Å². The van der Waals surface area contributed by atoms with E-state index < -0.39 is 11.7 Å². The Morgan fingerprint density at radius 3 is 2.51 bits per heavy atom. The Hall–Kier alpha value is -3.94. The quantitative estimate of drug-likeness (QED) is 0.410. The summed E-state index contributed by atoms with van der Waals surface area (Å²) in [6.07, 6.45) is 1.96. The van der Waals surface area contributed by atoms with Gasteiger partial charge in [0.15, 0.2) is 6.29 Å². The van der Waals surface area contributed by atoms with Gasteiger partial charge in [0, 0.05) is 37.6 Å². The third kappa shape index (κ3) is 8.03. The molecule has 0 fully saturated rings. The lowest BCUT2D eigenvalue weighted by Gasteiger charge is -2.18. The molecule has 10 nitrogen and oxygen atoms in total. The number of carbonyl (C=O) groups excluding carboxylic acids is 3. The average molecular weight is 538 g/mol. The van der Waals surface area contributed by atoms with Crippen LogP contribution in [-0.4, -0.2) is 45.1 Å². The fourth-order valence-electron chi connectivity index (χ4n) is 3.00. The summed E-state index contributed by atoms with van der Waals surface area (Å²) >= 11 is 1.22. The lowest BCUT2D eigenvalue weighted by atomic mass is 10.0. The highest BCUT2D eigenvalue weighted by Crippen LogP contribution is 2.29. The topological polar surface area (TPSA) is 139 Å². The van der Waals surface area contributed by atoms with Crippen LogP contribution in [0.4, 0.5) is 24.7 Å². The molecule has 4 rings (SSSR count). The molecule has 0 aromatic carbocycles. The average Bonchev–Trinajstić information content (AvgIpc) is 3.39. The van der Waals surface area contributed by atoms with Gasteiger partial charge >= 0.3 is 6.18 Å². The van der Waals surface area contributed by atoms with Crippen LogP contribution in [0.25, 0.3) is 0 Å². The van der Waals surface area contributed by atoms with Crippen LogP contribution >= 0.6 is 11.3 Å². The molecular formula is C23H26F3N7O3S. The van der Waals surface area contributed by atoms with Crippen LogP contribution in [0.2, 0.25) is 0 Å². The number of aromatic nitrogens is 4. The van der Waals surface area contributed by atoms with Crippen LogP contribution in [0.15, 0.2) is 31.0 Å².